The summed E-state index contributed by atoms with van der Waals surface area (Å²) in [5.41, 5.74) is 0.220. The van der Waals surface area contributed by atoms with E-state index in [2.05, 4.69) is 40.5 Å². The third-order valence-corrected chi connectivity index (χ3v) is 5.41. The molecule has 0 saturated heterocycles. The maximum Gasteiger partial charge on any atom is 0.287 e. The summed E-state index contributed by atoms with van der Waals surface area (Å²) in [5.74, 6) is -0.0761. The fourth-order valence-electron chi connectivity index (χ4n) is 2.85. The molecule has 0 fully saturated rings. The molecule has 0 bridgehead atoms. The summed E-state index contributed by atoms with van der Waals surface area (Å²) < 4.78 is 14.1. The Morgan fingerprint density at radius 3 is 2.65 bits per heavy atom. The summed E-state index contributed by atoms with van der Waals surface area (Å²) >= 11 is 1.43. The zero-order chi connectivity index (χ0) is 21.8. The first kappa shape index (κ1) is 20.5. The minimum absolute atomic E-state index is 0.259. The Bertz CT molecular complexity index is 1170. The van der Waals surface area contributed by atoms with Crippen molar-refractivity contribution in [1.82, 2.24) is 35.2 Å². The van der Waals surface area contributed by atoms with E-state index in [1.807, 2.05) is 0 Å². The second-order valence-electron chi connectivity index (χ2n) is 7.13. The predicted molar refractivity (Wildman–Crippen MR) is 114 cm³/mol. The lowest BCUT2D eigenvalue weighted by Crippen LogP contribution is -2.31. The number of pyridine rings is 1. The van der Waals surface area contributed by atoms with E-state index in [-0.39, 0.29) is 17.4 Å². The number of aromatic nitrogens is 6. The Morgan fingerprint density at radius 1 is 1.13 bits per heavy atom. The van der Waals surface area contributed by atoms with Gasteiger partial charge in [-0.25, -0.2) is 24.3 Å². The lowest BCUT2D eigenvalue weighted by atomic mass is 9.99. The number of thiazole rings is 1. The largest absolute Gasteiger partial charge is 0.344 e. The van der Waals surface area contributed by atoms with Crippen LogP contribution >= 0.6 is 11.3 Å². The maximum absolute atomic E-state index is 14.1. The van der Waals surface area contributed by atoms with E-state index in [1.54, 1.807) is 50.9 Å². The van der Waals surface area contributed by atoms with Crippen LogP contribution in [-0.2, 0) is 12.1 Å². The first-order valence-corrected chi connectivity index (χ1v) is 10.2. The van der Waals surface area contributed by atoms with Gasteiger partial charge in [0.25, 0.3) is 5.91 Å². The summed E-state index contributed by atoms with van der Waals surface area (Å²) in [5, 5.41) is 6.61. The molecule has 4 aromatic heterocycles. The van der Waals surface area contributed by atoms with Crippen molar-refractivity contribution in [1.29, 1.82) is 0 Å². The molecule has 0 aromatic carbocycles. The SMILES string of the molecule is CC(C)(Nc1ncc(-c2ncc(CNC(=O)c3ncc[nH]3)s2)cn1)c1ncccc1F. The number of carbonyl (C=O) groups is 1. The molecule has 9 nitrogen and oxygen atoms in total. The summed E-state index contributed by atoms with van der Waals surface area (Å²) in [7, 11) is 0. The normalized spacial score (nSPS) is 11.3. The summed E-state index contributed by atoms with van der Waals surface area (Å²) in [6, 6.07) is 2.91. The highest BCUT2D eigenvalue weighted by Gasteiger charge is 2.26. The number of amides is 1. The highest BCUT2D eigenvalue weighted by Crippen LogP contribution is 2.27. The van der Waals surface area contributed by atoms with Crippen molar-refractivity contribution in [3.63, 3.8) is 0 Å². The molecule has 0 aliphatic heterocycles. The first-order chi connectivity index (χ1) is 14.9. The summed E-state index contributed by atoms with van der Waals surface area (Å²) in [4.78, 5) is 36.6. The van der Waals surface area contributed by atoms with Gasteiger partial charge in [0.2, 0.25) is 5.95 Å². The number of nitrogens with one attached hydrogen (secondary N) is 3. The van der Waals surface area contributed by atoms with Crippen molar-refractivity contribution in [2.75, 3.05) is 5.32 Å². The molecule has 0 spiro atoms. The Labute approximate surface area is 181 Å². The van der Waals surface area contributed by atoms with Crippen molar-refractivity contribution in [3.05, 3.63) is 71.5 Å². The first-order valence-electron chi connectivity index (χ1n) is 9.36. The molecular formula is C20H19FN8OS. The van der Waals surface area contributed by atoms with Crippen molar-refractivity contribution < 1.29 is 9.18 Å². The Hall–Kier alpha value is -3.73. The number of nitrogens with zero attached hydrogens (tertiary/aromatic N) is 5. The van der Waals surface area contributed by atoms with Crippen LogP contribution in [0.3, 0.4) is 0 Å². The van der Waals surface area contributed by atoms with Crippen molar-refractivity contribution in [3.8, 4) is 10.6 Å². The lowest BCUT2D eigenvalue weighted by Gasteiger charge is -2.25. The van der Waals surface area contributed by atoms with Gasteiger partial charge in [-0.1, -0.05) is 0 Å². The van der Waals surface area contributed by atoms with Crippen LogP contribution in [-0.4, -0.2) is 35.8 Å². The third kappa shape index (κ3) is 4.72. The van der Waals surface area contributed by atoms with Gasteiger partial charge in [0.05, 0.1) is 12.1 Å². The average Bonchev–Trinajstić information content (AvgIpc) is 3.45. The maximum atomic E-state index is 14.1. The zero-order valence-corrected chi connectivity index (χ0v) is 17.6. The molecule has 0 aliphatic carbocycles. The molecule has 0 aliphatic rings. The van der Waals surface area contributed by atoms with Gasteiger partial charge in [-0.2, -0.15) is 0 Å². The van der Waals surface area contributed by atoms with E-state index in [0.717, 1.165) is 15.4 Å². The number of aromatic amines is 1. The number of H-pyrrole nitrogens is 1. The molecule has 0 radical (unpaired) electrons. The van der Waals surface area contributed by atoms with Gasteiger partial charge in [0.1, 0.15) is 16.5 Å². The van der Waals surface area contributed by atoms with Crippen LogP contribution in [0.5, 0.6) is 0 Å². The van der Waals surface area contributed by atoms with E-state index in [4.69, 9.17) is 0 Å². The molecule has 4 rings (SSSR count). The molecule has 0 saturated carbocycles. The van der Waals surface area contributed by atoms with E-state index in [1.165, 1.54) is 23.6 Å². The van der Waals surface area contributed by atoms with E-state index in [9.17, 15) is 9.18 Å². The second kappa shape index (κ2) is 8.56. The Kier molecular flexibility index (Phi) is 5.67. The molecule has 4 heterocycles. The number of rotatable bonds is 7. The Balaban J connectivity index is 1.40. The van der Waals surface area contributed by atoms with E-state index < -0.39 is 11.4 Å². The van der Waals surface area contributed by atoms with Gasteiger partial charge in [-0.3, -0.25) is 9.78 Å². The monoisotopic (exact) mass is 438 g/mol. The van der Waals surface area contributed by atoms with Gasteiger partial charge in [0, 0.05) is 47.6 Å². The molecule has 3 N–H and O–H groups in total. The van der Waals surface area contributed by atoms with Gasteiger partial charge in [0.15, 0.2) is 5.82 Å². The number of anilines is 1. The van der Waals surface area contributed by atoms with Crippen molar-refractivity contribution in [2.45, 2.75) is 25.9 Å². The van der Waals surface area contributed by atoms with Gasteiger partial charge in [-0.05, 0) is 26.0 Å². The van der Waals surface area contributed by atoms with E-state index >= 15 is 0 Å². The molecular weight excluding hydrogens is 419 g/mol. The smallest absolute Gasteiger partial charge is 0.287 e. The number of halogens is 1. The molecule has 1 amide bonds. The van der Waals surface area contributed by atoms with Crippen LogP contribution in [0, 0.1) is 5.82 Å². The third-order valence-electron chi connectivity index (χ3n) is 4.36. The molecule has 158 valence electrons. The standard InChI is InChI=1S/C20H19FN8OS/c1-20(2,15-14(21)4-3-5-22-15)29-19-27-8-12(9-28-19)18-26-11-13(31-18)10-25-17(30)16-23-6-7-24-16/h3-9,11H,10H2,1-2H3,(H,23,24)(H,25,30)(H,27,28,29). The highest BCUT2D eigenvalue weighted by atomic mass is 32.1. The van der Waals surface area contributed by atoms with Crippen LogP contribution in [0.4, 0.5) is 10.3 Å². The van der Waals surface area contributed by atoms with E-state index in [0.29, 0.717) is 12.5 Å². The lowest BCUT2D eigenvalue weighted by molar-refractivity contribution is 0.0942. The Morgan fingerprint density at radius 2 is 1.94 bits per heavy atom. The van der Waals surface area contributed by atoms with Crippen LogP contribution in [0.1, 0.15) is 35.0 Å². The number of carbonyl (C=O) groups excluding carboxylic acids is 1. The quantitative estimate of drug-likeness (QED) is 0.405. The van der Waals surface area contributed by atoms with Crippen LogP contribution < -0.4 is 10.6 Å². The zero-order valence-electron chi connectivity index (χ0n) is 16.8. The topological polar surface area (TPSA) is 121 Å². The van der Waals surface area contributed by atoms with Crippen LogP contribution in [0.2, 0.25) is 0 Å². The molecule has 31 heavy (non-hydrogen) atoms. The molecule has 0 unspecified atom stereocenters. The van der Waals surface area contributed by atoms with Gasteiger partial charge in [-0.15, -0.1) is 11.3 Å². The minimum Gasteiger partial charge on any atom is -0.344 e. The fourth-order valence-corrected chi connectivity index (χ4v) is 3.68. The summed E-state index contributed by atoms with van der Waals surface area (Å²) in [6.07, 6.45) is 9.64. The predicted octanol–water partition coefficient (Wildman–Crippen LogP) is 3.13. The van der Waals surface area contributed by atoms with Gasteiger partial charge >= 0.3 is 0 Å². The molecule has 0 atom stereocenters. The van der Waals surface area contributed by atoms with Crippen molar-refractivity contribution in [2.24, 2.45) is 0 Å². The number of imidazole rings is 1. The summed E-state index contributed by atoms with van der Waals surface area (Å²) in [6.45, 7) is 3.95. The molecule has 4 aromatic rings. The second-order valence-corrected chi connectivity index (χ2v) is 8.25. The van der Waals surface area contributed by atoms with Crippen LogP contribution in [0.25, 0.3) is 10.6 Å². The van der Waals surface area contributed by atoms with Crippen LogP contribution in [0.15, 0.2) is 49.3 Å². The molecule has 11 heteroatoms. The van der Waals surface area contributed by atoms with Crippen molar-refractivity contribution >= 4 is 23.2 Å². The fraction of sp³-hybridized carbons (Fsp3) is 0.200. The number of hydrogen-bond acceptors (Lipinski definition) is 8. The average molecular weight is 438 g/mol. The minimum atomic E-state index is -0.798. The highest BCUT2D eigenvalue weighted by molar-refractivity contribution is 7.15. The number of hydrogen-bond donors (Lipinski definition) is 3. The van der Waals surface area contributed by atoms with Gasteiger partial charge < -0.3 is 15.6 Å².